The van der Waals surface area contributed by atoms with Crippen molar-refractivity contribution in [2.24, 2.45) is 17.8 Å². The molecule has 0 heterocycles. The third-order valence-corrected chi connectivity index (χ3v) is 6.24. The van der Waals surface area contributed by atoms with Gasteiger partial charge in [0.1, 0.15) is 0 Å². The van der Waals surface area contributed by atoms with Gasteiger partial charge in [0.15, 0.2) is 0 Å². The molecule has 4 atom stereocenters. The zero-order valence-electron chi connectivity index (χ0n) is 12.7. The molecule has 0 aliphatic heterocycles. The monoisotopic (exact) mass is 325 g/mol. The van der Waals surface area contributed by atoms with Crippen LogP contribution >= 0.6 is 23.2 Å². The number of fused-ring (bicyclic) bond motifs is 1. The van der Waals surface area contributed by atoms with E-state index in [9.17, 15) is 0 Å². The molecule has 0 aromatic heterocycles. The minimum Gasteiger partial charge on any atom is -0.313 e. The summed E-state index contributed by atoms with van der Waals surface area (Å²) < 4.78 is 0. The van der Waals surface area contributed by atoms with Crippen LogP contribution in [0, 0.1) is 17.8 Å². The van der Waals surface area contributed by atoms with Gasteiger partial charge in [0.25, 0.3) is 0 Å². The predicted octanol–water partition coefficient (Wildman–Crippen LogP) is 5.86. The van der Waals surface area contributed by atoms with E-state index < -0.39 is 0 Å². The zero-order valence-corrected chi connectivity index (χ0v) is 14.3. The van der Waals surface area contributed by atoms with Crippen molar-refractivity contribution in [3.05, 3.63) is 33.8 Å². The minimum atomic E-state index is 0.332. The Labute approximate surface area is 138 Å². The number of nitrogens with one attached hydrogen (secondary N) is 1. The molecule has 0 amide bonds. The summed E-state index contributed by atoms with van der Waals surface area (Å²) in [5.74, 6) is 2.61. The third kappa shape index (κ3) is 3.41. The fourth-order valence-electron chi connectivity index (χ4n) is 4.61. The normalized spacial score (nSPS) is 30.7. The lowest BCUT2D eigenvalue weighted by Gasteiger charge is -2.42. The first-order valence-electron chi connectivity index (χ1n) is 8.31. The van der Waals surface area contributed by atoms with Crippen molar-refractivity contribution >= 4 is 23.2 Å². The van der Waals surface area contributed by atoms with Crippen molar-refractivity contribution in [1.82, 2.24) is 5.32 Å². The molecule has 3 heteroatoms. The van der Waals surface area contributed by atoms with Crippen molar-refractivity contribution < 1.29 is 0 Å². The van der Waals surface area contributed by atoms with Gasteiger partial charge in [-0.1, -0.05) is 48.9 Å². The van der Waals surface area contributed by atoms with Crippen LogP contribution in [0.15, 0.2) is 18.2 Å². The lowest BCUT2D eigenvalue weighted by molar-refractivity contribution is 0.111. The molecule has 1 nitrogen and oxygen atoms in total. The second-order valence-electron chi connectivity index (χ2n) is 6.81. The van der Waals surface area contributed by atoms with E-state index in [2.05, 4.69) is 12.4 Å². The van der Waals surface area contributed by atoms with Crippen molar-refractivity contribution in [3.63, 3.8) is 0 Å². The van der Waals surface area contributed by atoms with Crippen molar-refractivity contribution in [2.75, 3.05) is 7.05 Å². The Balaban J connectivity index is 1.78. The Hall–Kier alpha value is -0.240. The van der Waals surface area contributed by atoms with Crippen LogP contribution in [0.2, 0.25) is 10.0 Å². The second kappa shape index (κ2) is 6.89. The number of hydrogen-bond acceptors (Lipinski definition) is 1. The van der Waals surface area contributed by atoms with Crippen LogP contribution in [0.1, 0.15) is 56.6 Å². The molecule has 2 saturated carbocycles. The topological polar surface area (TPSA) is 12.0 Å². The average molecular weight is 326 g/mol. The van der Waals surface area contributed by atoms with Gasteiger partial charge in [-0.05, 0) is 67.8 Å². The summed E-state index contributed by atoms with van der Waals surface area (Å²) in [5.41, 5.74) is 1.17. The smallest absolute Gasteiger partial charge is 0.0454 e. The molecule has 2 aliphatic carbocycles. The quantitative estimate of drug-likeness (QED) is 0.733. The minimum absolute atomic E-state index is 0.332. The maximum Gasteiger partial charge on any atom is 0.0454 e. The summed E-state index contributed by atoms with van der Waals surface area (Å²) in [6.07, 6.45) is 9.82. The fraction of sp³-hybridized carbons (Fsp3) is 0.667. The van der Waals surface area contributed by atoms with E-state index in [0.29, 0.717) is 12.0 Å². The van der Waals surface area contributed by atoms with Crippen LogP contribution in [0.25, 0.3) is 0 Å². The number of benzene rings is 1. The molecule has 1 aromatic rings. The molecule has 1 N–H and O–H groups in total. The third-order valence-electron chi connectivity index (χ3n) is 5.66. The summed E-state index contributed by atoms with van der Waals surface area (Å²) in [6, 6.07) is 6.17. The van der Waals surface area contributed by atoms with E-state index in [1.54, 1.807) is 0 Å². The van der Waals surface area contributed by atoms with Crippen LogP contribution in [0.3, 0.4) is 0 Å². The molecule has 0 saturated heterocycles. The molecule has 1 aromatic carbocycles. The molecule has 116 valence electrons. The summed E-state index contributed by atoms with van der Waals surface area (Å²) in [7, 11) is 2.05. The molecular weight excluding hydrogens is 301 g/mol. The summed E-state index contributed by atoms with van der Waals surface area (Å²) >= 11 is 12.6. The zero-order chi connectivity index (χ0) is 14.8. The average Bonchev–Trinajstić information content (AvgIpc) is 2.51. The van der Waals surface area contributed by atoms with Gasteiger partial charge in [-0.15, -0.1) is 0 Å². The number of hydrogen-bond donors (Lipinski definition) is 1. The van der Waals surface area contributed by atoms with Crippen LogP contribution in [0.4, 0.5) is 0 Å². The van der Waals surface area contributed by atoms with Crippen molar-refractivity contribution in [2.45, 2.75) is 51.0 Å². The predicted molar refractivity (Wildman–Crippen MR) is 91.1 cm³/mol. The van der Waals surface area contributed by atoms with E-state index in [4.69, 9.17) is 23.2 Å². The first-order valence-corrected chi connectivity index (χ1v) is 9.07. The molecule has 2 fully saturated rings. The second-order valence-corrected chi connectivity index (χ2v) is 7.65. The van der Waals surface area contributed by atoms with Crippen LogP contribution in [-0.2, 0) is 0 Å². The fourth-order valence-corrected chi connectivity index (χ4v) is 5.03. The lowest BCUT2D eigenvalue weighted by Crippen LogP contribution is -2.34. The highest BCUT2D eigenvalue weighted by molar-refractivity contribution is 6.33. The molecule has 0 radical (unpaired) electrons. The molecule has 0 spiro atoms. The van der Waals surface area contributed by atoms with Crippen LogP contribution < -0.4 is 5.32 Å². The first-order chi connectivity index (χ1) is 10.2. The lowest BCUT2D eigenvalue weighted by atomic mass is 9.65. The van der Waals surface area contributed by atoms with Gasteiger partial charge in [-0.3, -0.25) is 0 Å². The van der Waals surface area contributed by atoms with Gasteiger partial charge in [0.2, 0.25) is 0 Å². The highest BCUT2D eigenvalue weighted by Crippen LogP contribution is 2.46. The standard InChI is InChI=1S/C18H25Cl2N/c1-21-18(16-11-15(19)8-9-17(16)20)14-7-6-12-4-2-3-5-13(12)10-14/h8-9,11-14,18,21H,2-7,10H2,1H3. The Morgan fingerprint density at radius 1 is 1.05 bits per heavy atom. The number of rotatable bonds is 3. The van der Waals surface area contributed by atoms with Crippen molar-refractivity contribution in [3.8, 4) is 0 Å². The maximum absolute atomic E-state index is 6.43. The van der Waals surface area contributed by atoms with Gasteiger partial charge < -0.3 is 5.32 Å². The highest BCUT2D eigenvalue weighted by atomic mass is 35.5. The van der Waals surface area contributed by atoms with Gasteiger partial charge >= 0.3 is 0 Å². The van der Waals surface area contributed by atoms with Gasteiger partial charge in [0, 0.05) is 16.1 Å². The Morgan fingerprint density at radius 2 is 1.81 bits per heavy atom. The summed E-state index contributed by atoms with van der Waals surface area (Å²) in [4.78, 5) is 0. The molecule has 21 heavy (non-hydrogen) atoms. The SMILES string of the molecule is CNC(c1cc(Cl)ccc1Cl)C1CCC2CCCCC2C1. The summed E-state index contributed by atoms with van der Waals surface area (Å²) in [5, 5.41) is 5.12. The van der Waals surface area contributed by atoms with Gasteiger partial charge in [0.05, 0.1) is 0 Å². The van der Waals surface area contributed by atoms with Crippen LogP contribution in [0.5, 0.6) is 0 Å². The molecule has 3 rings (SSSR count). The molecule has 0 bridgehead atoms. The molecular formula is C18H25Cl2N. The van der Waals surface area contributed by atoms with E-state index in [1.165, 1.54) is 50.5 Å². The Morgan fingerprint density at radius 3 is 2.57 bits per heavy atom. The van der Waals surface area contributed by atoms with Crippen LogP contribution in [-0.4, -0.2) is 7.05 Å². The largest absolute Gasteiger partial charge is 0.313 e. The van der Waals surface area contributed by atoms with Crippen molar-refractivity contribution in [1.29, 1.82) is 0 Å². The molecule has 4 unspecified atom stereocenters. The highest BCUT2D eigenvalue weighted by Gasteiger charge is 2.35. The summed E-state index contributed by atoms with van der Waals surface area (Å²) in [6.45, 7) is 0. The van der Waals surface area contributed by atoms with E-state index in [1.807, 2.05) is 18.2 Å². The molecule has 2 aliphatic rings. The Kier molecular flexibility index (Phi) is 5.14. The Bertz CT molecular complexity index is 488. The van der Waals surface area contributed by atoms with Gasteiger partial charge in [-0.2, -0.15) is 0 Å². The van der Waals surface area contributed by atoms with E-state index in [-0.39, 0.29) is 0 Å². The first kappa shape index (κ1) is 15.6. The maximum atomic E-state index is 6.43. The van der Waals surface area contributed by atoms with E-state index in [0.717, 1.165) is 21.9 Å². The number of halogens is 2. The van der Waals surface area contributed by atoms with Gasteiger partial charge in [-0.25, -0.2) is 0 Å². The van der Waals surface area contributed by atoms with E-state index >= 15 is 0 Å².